The molecular formula is C32H43N5O6. The lowest BCUT2D eigenvalue weighted by atomic mass is 9.92. The summed E-state index contributed by atoms with van der Waals surface area (Å²) in [5, 5.41) is 18.6. The molecule has 1 heterocycles. The summed E-state index contributed by atoms with van der Waals surface area (Å²) in [5.74, 6) is -1.70. The first kappa shape index (κ1) is 34.9. The number of ketones is 1. The number of methoxy groups -OCH3 is 1. The molecule has 2 rings (SSSR count). The molecule has 11 heteroatoms. The van der Waals surface area contributed by atoms with Crippen molar-refractivity contribution in [2.75, 3.05) is 27.3 Å². The Labute approximate surface area is 253 Å². The van der Waals surface area contributed by atoms with Crippen LogP contribution in [0.15, 0.2) is 46.5 Å². The molecular weight excluding hydrogens is 550 g/mol. The second-order valence-electron chi connectivity index (χ2n) is 11.0. The first-order valence-corrected chi connectivity index (χ1v) is 14.4. The third kappa shape index (κ3) is 11.8. The Kier molecular flexibility index (Phi) is 14.3. The van der Waals surface area contributed by atoms with Gasteiger partial charge in [0.05, 0.1) is 6.61 Å². The fourth-order valence-corrected chi connectivity index (χ4v) is 4.37. The van der Waals surface area contributed by atoms with E-state index in [0.29, 0.717) is 38.1 Å². The summed E-state index contributed by atoms with van der Waals surface area (Å²) in [5.41, 5.74) is 2.18. The van der Waals surface area contributed by atoms with Crippen molar-refractivity contribution in [1.82, 2.24) is 20.7 Å². The van der Waals surface area contributed by atoms with Gasteiger partial charge in [0.15, 0.2) is 11.5 Å². The van der Waals surface area contributed by atoms with E-state index in [-0.39, 0.29) is 47.8 Å². The third-order valence-corrected chi connectivity index (χ3v) is 6.79. The van der Waals surface area contributed by atoms with Gasteiger partial charge in [0.2, 0.25) is 5.91 Å². The minimum atomic E-state index is -0.984. The Morgan fingerprint density at radius 3 is 2.42 bits per heavy atom. The van der Waals surface area contributed by atoms with Gasteiger partial charge < -0.3 is 24.8 Å². The lowest BCUT2D eigenvalue weighted by Gasteiger charge is -2.21. The predicted octanol–water partition coefficient (Wildman–Crippen LogP) is 3.66. The van der Waals surface area contributed by atoms with E-state index >= 15 is 0 Å². The number of likely N-dealkylation sites (N-methyl/N-ethyl adjacent to an activating group) is 1. The van der Waals surface area contributed by atoms with Gasteiger partial charge in [-0.2, -0.15) is 5.26 Å². The van der Waals surface area contributed by atoms with E-state index in [4.69, 9.17) is 9.26 Å². The molecule has 2 aromatic rings. The summed E-state index contributed by atoms with van der Waals surface area (Å²) >= 11 is 0. The first-order chi connectivity index (χ1) is 20.4. The number of amides is 3. The van der Waals surface area contributed by atoms with Gasteiger partial charge in [0.1, 0.15) is 23.4 Å². The van der Waals surface area contributed by atoms with Crippen LogP contribution in [0.2, 0.25) is 0 Å². The van der Waals surface area contributed by atoms with E-state index in [2.05, 4.69) is 15.8 Å². The summed E-state index contributed by atoms with van der Waals surface area (Å²) in [6.07, 6.45) is 3.04. The zero-order valence-electron chi connectivity index (χ0n) is 25.9. The molecule has 2 N–H and O–H groups in total. The third-order valence-electron chi connectivity index (χ3n) is 6.79. The Balaban J connectivity index is 2.08. The van der Waals surface area contributed by atoms with Crippen LogP contribution in [0.25, 0.3) is 0 Å². The van der Waals surface area contributed by atoms with Gasteiger partial charge in [-0.05, 0) is 38.2 Å². The number of aromatic nitrogens is 1. The predicted molar refractivity (Wildman–Crippen MR) is 161 cm³/mol. The molecule has 0 saturated carbocycles. The standard InChI is InChI=1S/C32H43N5O6/c1-21(2)15-26(18-33)32(41)37(5)14-8-7-9-25(30(39)34-19-24-12-10-22(3)11-13-24)17-29(38)28(20-42-6)35-31(40)27-16-23(4)43-36-27/h10-13,15-16,21,25,28H,7-9,14,17,19-20H2,1-6H3,(H,34,39)(H,35,40)/t25-,28+/m1/s1. The van der Waals surface area contributed by atoms with E-state index in [1.54, 1.807) is 20.0 Å². The molecule has 0 bridgehead atoms. The van der Waals surface area contributed by atoms with Gasteiger partial charge >= 0.3 is 0 Å². The summed E-state index contributed by atoms with van der Waals surface area (Å²) in [4.78, 5) is 53.4. The maximum absolute atomic E-state index is 13.3. The second kappa shape index (κ2) is 17.6. The van der Waals surface area contributed by atoms with E-state index in [1.807, 2.05) is 51.1 Å². The van der Waals surface area contributed by atoms with Crippen molar-refractivity contribution in [2.24, 2.45) is 11.8 Å². The average molecular weight is 594 g/mol. The number of allylic oxidation sites excluding steroid dienone is 1. The number of Topliss-reactive ketones (excluding diaryl/α,β-unsaturated/α-hetero) is 1. The number of hydrogen-bond acceptors (Lipinski definition) is 8. The van der Waals surface area contributed by atoms with Crippen LogP contribution in [0.1, 0.15) is 66.9 Å². The molecule has 0 fully saturated rings. The molecule has 1 aromatic heterocycles. The number of aryl methyl sites for hydroxylation is 2. The quantitative estimate of drug-likeness (QED) is 0.160. The van der Waals surface area contributed by atoms with Crippen LogP contribution < -0.4 is 10.6 Å². The van der Waals surface area contributed by atoms with Crippen molar-refractivity contribution in [3.8, 4) is 6.07 Å². The summed E-state index contributed by atoms with van der Waals surface area (Å²) in [6.45, 7) is 8.05. The zero-order valence-corrected chi connectivity index (χ0v) is 25.9. The Morgan fingerprint density at radius 1 is 1.14 bits per heavy atom. The van der Waals surface area contributed by atoms with Crippen LogP contribution in [0, 0.1) is 37.0 Å². The monoisotopic (exact) mass is 593 g/mol. The molecule has 0 unspecified atom stereocenters. The largest absolute Gasteiger partial charge is 0.382 e. The molecule has 232 valence electrons. The van der Waals surface area contributed by atoms with Crippen molar-refractivity contribution in [2.45, 2.75) is 66.0 Å². The SMILES string of the molecule is COC[C@H](NC(=O)c1cc(C)on1)C(=O)C[C@@H](CCCCN(C)C(=O)C(C#N)=CC(C)C)C(=O)NCc1ccc(C)cc1. The van der Waals surface area contributed by atoms with Crippen LogP contribution in [0.5, 0.6) is 0 Å². The lowest BCUT2D eigenvalue weighted by molar-refractivity contribution is -0.131. The van der Waals surface area contributed by atoms with Gasteiger partial charge in [0.25, 0.3) is 11.8 Å². The van der Waals surface area contributed by atoms with Crippen LogP contribution >= 0.6 is 0 Å². The Hall–Kier alpha value is -4.30. The number of benzene rings is 1. The molecule has 0 spiro atoms. The molecule has 3 amide bonds. The van der Waals surface area contributed by atoms with Gasteiger partial charge in [0, 0.05) is 45.7 Å². The van der Waals surface area contributed by atoms with Gasteiger partial charge in [-0.3, -0.25) is 19.2 Å². The van der Waals surface area contributed by atoms with E-state index in [0.717, 1.165) is 11.1 Å². The van der Waals surface area contributed by atoms with Gasteiger partial charge in [-0.25, -0.2) is 0 Å². The van der Waals surface area contributed by atoms with Crippen molar-refractivity contribution in [3.05, 3.63) is 64.6 Å². The fourth-order valence-electron chi connectivity index (χ4n) is 4.37. The zero-order chi connectivity index (χ0) is 31.9. The number of ether oxygens (including phenoxy) is 1. The fraction of sp³-hybridized carbons (Fsp3) is 0.500. The summed E-state index contributed by atoms with van der Waals surface area (Å²) in [6, 6.07) is 10.2. The van der Waals surface area contributed by atoms with Gasteiger partial charge in [-0.1, -0.05) is 61.3 Å². The number of nitrogens with one attached hydrogen (secondary N) is 2. The van der Waals surface area contributed by atoms with Crippen molar-refractivity contribution in [3.63, 3.8) is 0 Å². The molecule has 0 aliphatic heterocycles. The Morgan fingerprint density at radius 2 is 1.84 bits per heavy atom. The Bertz CT molecular complexity index is 1310. The molecule has 1 aromatic carbocycles. The lowest BCUT2D eigenvalue weighted by Crippen LogP contribution is -2.45. The topological polar surface area (TPSA) is 155 Å². The number of rotatable bonds is 17. The number of hydrogen-bond donors (Lipinski definition) is 2. The molecule has 0 radical (unpaired) electrons. The normalized spacial score (nSPS) is 12.7. The highest BCUT2D eigenvalue weighted by molar-refractivity contribution is 5.98. The maximum Gasteiger partial charge on any atom is 0.274 e. The number of nitriles is 1. The van der Waals surface area contributed by atoms with Crippen LogP contribution in [0.3, 0.4) is 0 Å². The molecule has 0 aliphatic carbocycles. The number of carbonyl (C=O) groups is 4. The first-order valence-electron chi connectivity index (χ1n) is 14.4. The maximum atomic E-state index is 13.3. The van der Waals surface area contributed by atoms with E-state index in [1.165, 1.54) is 18.1 Å². The number of carbonyl (C=O) groups excluding carboxylic acids is 4. The molecule has 43 heavy (non-hydrogen) atoms. The highest BCUT2D eigenvalue weighted by Crippen LogP contribution is 2.17. The van der Waals surface area contributed by atoms with Crippen LogP contribution in [-0.4, -0.2) is 66.9 Å². The highest BCUT2D eigenvalue weighted by atomic mass is 16.5. The molecule has 0 aliphatic rings. The average Bonchev–Trinajstić information content (AvgIpc) is 3.42. The van der Waals surface area contributed by atoms with E-state index in [9.17, 15) is 24.4 Å². The number of nitrogens with zero attached hydrogens (tertiary/aromatic N) is 3. The van der Waals surface area contributed by atoms with Crippen LogP contribution in [0.4, 0.5) is 0 Å². The molecule has 0 saturated heterocycles. The molecule has 2 atom stereocenters. The highest BCUT2D eigenvalue weighted by Gasteiger charge is 2.28. The van der Waals surface area contributed by atoms with Crippen molar-refractivity contribution in [1.29, 1.82) is 5.26 Å². The number of unbranched alkanes of at least 4 members (excludes halogenated alkanes) is 1. The second-order valence-corrected chi connectivity index (χ2v) is 11.0. The minimum Gasteiger partial charge on any atom is -0.382 e. The van der Waals surface area contributed by atoms with Crippen molar-refractivity contribution < 1.29 is 28.4 Å². The van der Waals surface area contributed by atoms with Crippen LogP contribution in [-0.2, 0) is 25.7 Å². The summed E-state index contributed by atoms with van der Waals surface area (Å²) in [7, 11) is 3.06. The van der Waals surface area contributed by atoms with E-state index < -0.39 is 17.9 Å². The van der Waals surface area contributed by atoms with Gasteiger partial charge in [-0.15, -0.1) is 0 Å². The summed E-state index contributed by atoms with van der Waals surface area (Å²) < 4.78 is 10.1. The molecule has 11 nitrogen and oxygen atoms in total. The van der Waals surface area contributed by atoms with Crippen molar-refractivity contribution >= 4 is 23.5 Å². The minimum absolute atomic E-state index is 0.0419. The smallest absolute Gasteiger partial charge is 0.274 e.